The molecule has 2 heterocycles. The van der Waals surface area contributed by atoms with E-state index < -0.39 is 0 Å². The van der Waals surface area contributed by atoms with Gasteiger partial charge in [0.1, 0.15) is 6.54 Å². The van der Waals surface area contributed by atoms with Crippen LogP contribution in [0.2, 0.25) is 0 Å². The van der Waals surface area contributed by atoms with E-state index >= 15 is 0 Å². The summed E-state index contributed by atoms with van der Waals surface area (Å²) >= 11 is 0. The first-order valence-electron chi connectivity index (χ1n) is 10.8. The minimum absolute atomic E-state index is 0.00753. The summed E-state index contributed by atoms with van der Waals surface area (Å²) in [6.07, 6.45) is 4.39. The number of piperazine rings is 1. The van der Waals surface area contributed by atoms with Crippen molar-refractivity contribution in [3.8, 4) is 0 Å². The van der Waals surface area contributed by atoms with Gasteiger partial charge in [0.15, 0.2) is 5.82 Å². The van der Waals surface area contributed by atoms with Gasteiger partial charge >= 0.3 is 5.97 Å². The number of rotatable bonds is 8. The number of tetrazole rings is 1. The zero-order chi connectivity index (χ0) is 22.2. The Kier molecular flexibility index (Phi) is 7.37. The number of carbonyl (C=O) groups excluding carboxylic acids is 1. The normalized spacial score (nSPS) is 16.3. The average Bonchev–Trinajstić information content (AvgIpc) is 3.29. The molecular formula is C24H28N6O2. The number of hydrogen-bond acceptors (Lipinski definition) is 7. The Morgan fingerprint density at radius 3 is 2.41 bits per heavy atom. The molecule has 4 rings (SSSR count). The van der Waals surface area contributed by atoms with Gasteiger partial charge in [-0.15, -0.1) is 5.10 Å². The second-order valence-corrected chi connectivity index (χ2v) is 7.73. The maximum Gasteiger partial charge on any atom is 0.327 e. The molecule has 1 saturated heterocycles. The van der Waals surface area contributed by atoms with Crippen LogP contribution in [0.3, 0.4) is 0 Å². The molecule has 0 bridgehead atoms. The largest absolute Gasteiger partial charge is 0.468 e. The first-order valence-corrected chi connectivity index (χ1v) is 10.8. The van der Waals surface area contributed by atoms with Crippen LogP contribution in [-0.4, -0.2) is 75.8 Å². The molecule has 32 heavy (non-hydrogen) atoms. The molecule has 0 saturated carbocycles. The van der Waals surface area contributed by atoms with Crippen molar-refractivity contribution in [1.29, 1.82) is 0 Å². The van der Waals surface area contributed by atoms with Crippen LogP contribution in [0.1, 0.15) is 23.0 Å². The van der Waals surface area contributed by atoms with E-state index in [9.17, 15) is 4.79 Å². The molecule has 0 N–H and O–H groups in total. The van der Waals surface area contributed by atoms with Crippen molar-refractivity contribution in [2.45, 2.75) is 12.6 Å². The Bertz CT molecular complexity index is 1010. The van der Waals surface area contributed by atoms with Gasteiger partial charge in [0.25, 0.3) is 0 Å². The molecule has 3 aromatic rings. The van der Waals surface area contributed by atoms with Crippen molar-refractivity contribution in [3.05, 3.63) is 83.7 Å². The fourth-order valence-corrected chi connectivity index (χ4v) is 3.97. The summed E-state index contributed by atoms with van der Waals surface area (Å²) in [6.45, 7) is 4.56. The highest BCUT2D eigenvalue weighted by Gasteiger charge is 2.30. The second kappa shape index (κ2) is 10.8. The van der Waals surface area contributed by atoms with Gasteiger partial charge in [-0.25, -0.2) is 4.68 Å². The highest BCUT2D eigenvalue weighted by molar-refractivity contribution is 5.68. The van der Waals surface area contributed by atoms with Crippen molar-refractivity contribution in [2.75, 3.05) is 39.8 Å². The third kappa shape index (κ3) is 5.46. The van der Waals surface area contributed by atoms with Gasteiger partial charge in [0.05, 0.1) is 13.2 Å². The maximum atomic E-state index is 11.8. The molecule has 1 aliphatic heterocycles. The van der Waals surface area contributed by atoms with Crippen molar-refractivity contribution >= 4 is 12.0 Å². The standard InChI is InChI=1S/C24H28N6O2/c1-32-22(31)19-30-24(25-26-27-30)23(21-12-6-3-7-13-21)29-17-15-28(16-18-29)14-8-11-20-9-4-2-5-10-20/h2-13,23H,14-19H2,1H3/t23-/m0/s1. The molecule has 1 fully saturated rings. The number of hydrogen-bond donors (Lipinski definition) is 0. The summed E-state index contributed by atoms with van der Waals surface area (Å²) in [4.78, 5) is 16.7. The lowest BCUT2D eigenvalue weighted by molar-refractivity contribution is -0.141. The summed E-state index contributed by atoms with van der Waals surface area (Å²) in [5.74, 6) is 0.277. The first-order chi connectivity index (χ1) is 15.7. The third-order valence-electron chi connectivity index (χ3n) is 5.67. The Morgan fingerprint density at radius 2 is 1.72 bits per heavy atom. The van der Waals surface area contributed by atoms with Crippen LogP contribution >= 0.6 is 0 Å². The van der Waals surface area contributed by atoms with Crippen LogP contribution < -0.4 is 0 Å². The number of esters is 1. The lowest BCUT2D eigenvalue weighted by Crippen LogP contribution is -2.48. The van der Waals surface area contributed by atoms with Gasteiger partial charge in [-0.3, -0.25) is 14.6 Å². The summed E-state index contributed by atoms with van der Waals surface area (Å²) in [5.41, 5.74) is 2.32. The number of benzene rings is 2. The first kappa shape index (κ1) is 21.9. The molecule has 8 nitrogen and oxygen atoms in total. The minimum atomic E-state index is -0.375. The predicted octanol–water partition coefficient (Wildman–Crippen LogP) is 2.27. The van der Waals surface area contributed by atoms with Gasteiger partial charge in [0, 0.05) is 32.7 Å². The lowest BCUT2D eigenvalue weighted by atomic mass is 10.0. The van der Waals surface area contributed by atoms with E-state index in [-0.39, 0.29) is 18.6 Å². The molecule has 8 heteroatoms. The van der Waals surface area contributed by atoms with Gasteiger partial charge in [-0.1, -0.05) is 72.8 Å². The number of aromatic nitrogens is 4. The molecule has 166 valence electrons. The van der Waals surface area contributed by atoms with Crippen LogP contribution in [-0.2, 0) is 16.1 Å². The zero-order valence-electron chi connectivity index (χ0n) is 18.2. The molecule has 0 unspecified atom stereocenters. The van der Waals surface area contributed by atoms with E-state index in [1.807, 2.05) is 24.3 Å². The van der Waals surface area contributed by atoms with E-state index in [4.69, 9.17) is 4.74 Å². The van der Waals surface area contributed by atoms with E-state index in [2.05, 4.69) is 73.9 Å². The van der Waals surface area contributed by atoms with Gasteiger partial charge in [-0.05, 0) is 21.6 Å². The highest BCUT2D eigenvalue weighted by atomic mass is 16.5. The van der Waals surface area contributed by atoms with E-state index in [0.717, 1.165) is 38.3 Å². The molecule has 0 aliphatic carbocycles. The van der Waals surface area contributed by atoms with E-state index in [1.54, 1.807) is 4.68 Å². The molecular weight excluding hydrogens is 404 g/mol. The van der Waals surface area contributed by atoms with Crippen LogP contribution in [0.5, 0.6) is 0 Å². The average molecular weight is 433 g/mol. The number of methoxy groups -OCH3 is 1. The topological polar surface area (TPSA) is 76.4 Å². The summed E-state index contributed by atoms with van der Waals surface area (Å²) in [5, 5.41) is 12.2. The second-order valence-electron chi connectivity index (χ2n) is 7.73. The van der Waals surface area contributed by atoms with Crippen molar-refractivity contribution < 1.29 is 9.53 Å². The van der Waals surface area contributed by atoms with E-state index in [0.29, 0.717) is 5.82 Å². The minimum Gasteiger partial charge on any atom is -0.468 e. The monoisotopic (exact) mass is 432 g/mol. The number of ether oxygens (including phenoxy) is 1. The Balaban J connectivity index is 1.45. The molecule has 1 aliphatic rings. The van der Waals surface area contributed by atoms with Gasteiger partial charge in [-0.2, -0.15) is 0 Å². The third-order valence-corrected chi connectivity index (χ3v) is 5.67. The molecule has 0 radical (unpaired) electrons. The van der Waals surface area contributed by atoms with Crippen molar-refractivity contribution in [1.82, 2.24) is 30.0 Å². The van der Waals surface area contributed by atoms with Crippen LogP contribution in [0.15, 0.2) is 66.7 Å². The summed E-state index contributed by atoms with van der Waals surface area (Å²) in [7, 11) is 1.37. The quantitative estimate of drug-likeness (QED) is 0.506. The Hall–Kier alpha value is -3.36. The highest BCUT2D eigenvalue weighted by Crippen LogP contribution is 2.28. The summed E-state index contributed by atoms with van der Waals surface area (Å²) < 4.78 is 6.35. The van der Waals surface area contributed by atoms with Crippen molar-refractivity contribution in [3.63, 3.8) is 0 Å². The molecule has 1 atom stereocenters. The van der Waals surface area contributed by atoms with E-state index in [1.165, 1.54) is 12.7 Å². The predicted molar refractivity (Wildman–Crippen MR) is 122 cm³/mol. The number of nitrogens with zero attached hydrogens (tertiary/aromatic N) is 6. The van der Waals surface area contributed by atoms with Gasteiger partial charge < -0.3 is 4.74 Å². The zero-order valence-corrected chi connectivity index (χ0v) is 18.2. The molecule has 0 amide bonds. The fourth-order valence-electron chi connectivity index (χ4n) is 3.97. The summed E-state index contributed by atoms with van der Waals surface area (Å²) in [6, 6.07) is 20.4. The SMILES string of the molecule is COC(=O)Cn1nnnc1[C@H](c1ccccc1)N1CCN(CC=Cc2ccccc2)CC1. The fraction of sp³-hybridized carbons (Fsp3) is 0.333. The maximum absolute atomic E-state index is 11.8. The van der Waals surface area contributed by atoms with Crippen LogP contribution in [0.4, 0.5) is 0 Å². The smallest absolute Gasteiger partial charge is 0.327 e. The Morgan fingerprint density at radius 1 is 1.03 bits per heavy atom. The number of carbonyl (C=O) groups is 1. The van der Waals surface area contributed by atoms with Crippen LogP contribution in [0.25, 0.3) is 6.08 Å². The Labute approximate surface area is 188 Å². The van der Waals surface area contributed by atoms with Crippen molar-refractivity contribution in [2.24, 2.45) is 0 Å². The lowest BCUT2D eigenvalue weighted by Gasteiger charge is -2.38. The molecule has 0 spiro atoms. The molecule has 1 aromatic heterocycles. The van der Waals surface area contributed by atoms with Crippen LogP contribution in [0, 0.1) is 0 Å². The van der Waals surface area contributed by atoms with Gasteiger partial charge in [0.2, 0.25) is 0 Å². The molecule has 2 aromatic carbocycles.